The van der Waals surface area contributed by atoms with Crippen LogP contribution < -0.4 is 10.2 Å². The lowest BCUT2D eigenvalue weighted by atomic mass is 9.87. The van der Waals surface area contributed by atoms with Crippen molar-refractivity contribution < 1.29 is 14.4 Å². The summed E-state index contributed by atoms with van der Waals surface area (Å²) in [5.41, 5.74) is 2.18. The number of para-hydroxylation sites is 2. The molecule has 0 spiro atoms. The first-order chi connectivity index (χ1) is 17.5. The first-order valence-corrected chi connectivity index (χ1v) is 12.1. The fourth-order valence-electron chi connectivity index (χ4n) is 5.44. The number of hydrogen-bond donors (Lipinski definition) is 2. The van der Waals surface area contributed by atoms with Crippen LogP contribution in [0.4, 0.5) is 10.5 Å². The van der Waals surface area contributed by atoms with Gasteiger partial charge in [0, 0.05) is 42.9 Å². The van der Waals surface area contributed by atoms with Gasteiger partial charge in [-0.25, -0.2) is 14.7 Å². The molecule has 0 saturated carbocycles. The molecule has 1 saturated heterocycles. The minimum atomic E-state index is -1.17. The molecule has 9 heteroatoms. The normalized spacial score (nSPS) is 19.0. The molecule has 0 aliphatic carbocycles. The minimum absolute atomic E-state index is 0.294. The van der Waals surface area contributed by atoms with Gasteiger partial charge < -0.3 is 19.8 Å². The molecule has 182 valence electrons. The second-order valence-corrected chi connectivity index (χ2v) is 9.35. The standard InChI is InChI=1S/C27H26N6O3/c1-27-23-19(18-7-2-4-9-21(18)30-23)11-15-32(27)26(36)33(25(27)35)22-10-5-3-8-20(22)24(34)29-12-6-14-31-16-13-28-17-31/h2-5,7-10,13,16-17,30H,6,11-12,14-15H2,1H3,(H,29,34)/t27-/m0/s1. The van der Waals surface area contributed by atoms with Crippen LogP contribution in [0.2, 0.25) is 0 Å². The van der Waals surface area contributed by atoms with Crippen LogP contribution in [-0.4, -0.2) is 50.4 Å². The molecule has 1 atom stereocenters. The Balaban J connectivity index is 1.29. The molecule has 2 aromatic carbocycles. The van der Waals surface area contributed by atoms with Crippen LogP contribution in [0, 0.1) is 0 Å². The maximum Gasteiger partial charge on any atom is 0.332 e. The number of rotatable bonds is 6. The van der Waals surface area contributed by atoms with Crippen LogP contribution >= 0.6 is 0 Å². The summed E-state index contributed by atoms with van der Waals surface area (Å²) >= 11 is 0. The molecule has 0 bridgehead atoms. The monoisotopic (exact) mass is 482 g/mol. The van der Waals surface area contributed by atoms with Crippen molar-refractivity contribution in [3.63, 3.8) is 0 Å². The van der Waals surface area contributed by atoms with E-state index in [9.17, 15) is 14.4 Å². The third kappa shape index (κ3) is 3.23. The topological polar surface area (TPSA) is 103 Å². The highest BCUT2D eigenvalue weighted by atomic mass is 16.2. The SMILES string of the molecule is C[C@]12C(=O)N(c3ccccc3C(=O)NCCCn3ccnc3)C(=O)N1CCc1c2[nH]c2ccccc12. The van der Waals surface area contributed by atoms with E-state index in [4.69, 9.17) is 0 Å². The van der Waals surface area contributed by atoms with E-state index >= 15 is 0 Å². The molecule has 1 fully saturated rings. The van der Waals surface area contributed by atoms with Gasteiger partial charge in [0.15, 0.2) is 5.54 Å². The summed E-state index contributed by atoms with van der Waals surface area (Å²) < 4.78 is 1.94. The van der Waals surface area contributed by atoms with E-state index in [-0.39, 0.29) is 11.8 Å². The van der Waals surface area contributed by atoms with E-state index in [0.717, 1.165) is 35.1 Å². The van der Waals surface area contributed by atoms with E-state index in [2.05, 4.69) is 15.3 Å². The van der Waals surface area contributed by atoms with Crippen molar-refractivity contribution in [3.8, 4) is 0 Å². The van der Waals surface area contributed by atoms with Crippen molar-refractivity contribution in [2.45, 2.75) is 31.8 Å². The minimum Gasteiger partial charge on any atom is -0.356 e. The molecule has 0 radical (unpaired) electrons. The van der Waals surface area contributed by atoms with Gasteiger partial charge in [-0.05, 0) is 43.5 Å². The number of aromatic nitrogens is 3. The van der Waals surface area contributed by atoms with Crippen LogP contribution in [0.25, 0.3) is 10.9 Å². The molecular formula is C27H26N6O3. The maximum atomic E-state index is 14.0. The number of benzene rings is 2. The Hall–Kier alpha value is -4.40. The number of nitrogens with zero attached hydrogens (tertiary/aromatic N) is 4. The van der Waals surface area contributed by atoms with E-state index < -0.39 is 11.6 Å². The van der Waals surface area contributed by atoms with Gasteiger partial charge in [-0.2, -0.15) is 0 Å². The zero-order valence-electron chi connectivity index (χ0n) is 19.9. The summed E-state index contributed by atoms with van der Waals surface area (Å²) in [6, 6.07) is 14.3. The zero-order chi connectivity index (χ0) is 24.9. The lowest BCUT2D eigenvalue weighted by Crippen LogP contribution is -2.49. The highest BCUT2D eigenvalue weighted by Crippen LogP contribution is 2.45. The number of aromatic amines is 1. The summed E-state index contributed by atoms with van der Waals surface area (Å²) in [6.07, 6.45) is 6.69. The predicted molar refractivity (Wildman–Crippen MR) is 135 cm³/mol. The Labute approximate surface area is 207 Å². The van der Waals surface area contributed by atoms with Crippen LogP contribution in [0.1, 0.15) is 35.0 Å². The second kappa shape index (κ2) is 8.37. The van der Waals surface area contributed by atoms with Crippen molar-refractivity contribution in [1.82, 2.24) is 24.8 Å². The van der Waals surface area contributed by atoms with Gasteiger partial charge in [-0.1, -0.05) is 30.3 Å². The van der Waals surface area contributed by atoms with E-state index in [0.29, 0.717) is 30.8 Å². The predicted octanol–water partition coefficient (Wildman–Crippen LogP) is 3.42. The number of imide groups is 1. The fraction of sp³-hybridized carbons (Fsp3) is 0.259. The van der Waals surface area contributed by atoms with Crippen molar-refractivity contribution in [1.29, 1.82) is 0 Å². The van der Waals surface area contributed by atoms with Crippen LogP contribution in [0.5, 0.6) is 0 Å². The van der Waals surface area contributed by atoms with Crippen molar-refractivity contribution >= 4 is 34.4 Å². The number of amides is 4. The van der Waals surface area contributed by atoms with E-state index in [1.54, 1.807) is 48.6 Å². The van der Waals surface area contributed by atoms with Crippen LogP contribution in [0.3, 0.4) is 0 Å². The summed E-state index contributed by atoms with van der Waals surface area (Å²) in [5, 5.41) is 3.99. The molecule has 0 unspecified atom stereocenters. The van der Waals surface area contributed by atoms with Gasteiger partial charge >= 0.3 is 6.03 Å². The number of anilines is 1. The molecule has 2 N–H and O–H groups in total. The van der Waals surface area contributed by atoms with Gasteiger partial charge in [0.25, 0.3) is 11.8 Å². The summed E-state index contributed by atoms with van der Waals surface area (Å²) in [7, 11) is 0. The summed E-state index contributed by atoms with van der Waals surface area (Å²) in [5.74, 6) is -0.682. The lowest BCUT2D eigenvalue weighted by molar-refractivity contribution is -0.125. The first-order valence-electron chi connectivity index (χ1n) is 12.1. The first kappa shape index (κ1) is 22.1. The number of aryl methyl sites for hydroxylation is 1. The van der Waals surface area contributed by atoms with E-state index in [1.165, 1.54) is 4.90 Å². The molecule has 36 heavy (non-hydrogen) atoms. The number of nitrogens with one attached hydrogen (secondary N) is 2. The Morgan fingerprint density at radius 2 is 1.94 bits per heavy atom. The second-order valence-electron chi connectivity index (χ2n) is 9.35. The maximum absolute atomic E-state index is 14.0. The molecule has 9 nitrogen and oxygen atoms in total. The highest BCUT2D eigenvalue weighted by Gasteiger charge is 2.59. The smallest absolute Gasteiger partial charge is 0.332 e. The van der Waals surface area contributed by atoms with Crippen LogP contribution in [0.15, 0.2) is 67.3 Å². The van der Waals surface area contributed by atoms with Crippen LogP contribution in [-0.2, 0) is 23.3 Å². The molecule has 2 aromatic heterocycles. The Morgan fingerprint density at radius 1 is 1.14 bits per heavy atom. The molecule has 4 amide bonds. The number of fused-ring (bicyclic) bond motifs is 5. The largest absolute Gasteiger partial charge is 0.356 e. The third-order valence-electron chi connectivity index (χ3n) is 7.29. The number of hydrogen-bond acceptors (Lipinski definition) is 4. The lowest BCUT2D eigenvalue weighted by Gasteiger charge is -2.35. The van der Waals surface area contributed by atoms with Crippen molar-refractivity contribution in [2.24, 2.45) is 0 Å². The van der Waals surface area contributed by atoms with Crippen molar-refractivity contribution in [2.75, 3.05) is 18.0 Å². The molecular weight excluding hydrogens is 456 g/mol. The zero-order valence-corrected chi connectivity index (χ0v) is 19.9. The number of carbonyl (C=O) groups is 3. The van der Waals surface area contributed by atoms with Gasteiger partial charge in [-0.15, -0.1) is 0 Å². The van der Waals surface area contributed by atoms with Gasteiger partial charge in [0.1, 0.15) is 0 Å². The quantitative estimate of drug-likeness (QED) is 0.325. The number of carbonyl (C=O) groups excluding carboxylic acids is 3. The number of imidazole rings is 1. The average molecular weight is 483 g/mol. The molecule has 4 aromatic rings. The average Bonchev–Trinajstić information content (AvgIpc) is 3.59. The molecule has 4 heterocycles. The summed E-state index contributed by atoms with van der Waals surface area (Å²) in [6.45, 7) is 3.40. The van der Waals surface area contributed by atoms with Gasteiger partial charge in [0.05, 0.1) is 23.3 Å². The Bertz CT molecular complexity index is 1490. The Morgan fingerprint density at radius 3 is 2.78 bits per heavy atom. The summed E-state index contributed by atoms with van der Waals surface area (Å²) in [4.78, 5) is 50.9. The number of H-pyrrole nitrogens is 1. The Kier molecular flexibility index (Phi) is 5.13. The fourth-order valence-corrected chi connectivity index (χ4v) is 5.44. The molecule has 2 aliphatic rings. The highest BCUT2D eigenvalue weighted by molar-refractivity contribution is 6.25. The number of urea groups is 1. The van der Waals surface area contributed by atoms with Gasteiger partial charge in [0.2, 0.25) is 0 Å². The van der Waals surface area contributed by atoms with Crippen molar-refractivity contribution in [3.05, 3.63) is 84.1 Å². The van der Waals surface area contributed by atoms with Gasteiger partial charge in [-0.3, -0.25) is 9.59 Å². The molecule has 6 rings (SSSR count). The third-order valence-corrected chi connectivity index (χ3v) is 7.29. The van der Waals surface area contributed by atoms with E-state index in [1.807, 2.05) is 35.0 Å². The molecule has 2 aliphatic heterocycles.